The van der Waals surface area contributed by atoms with E-state index in [0.29, 0.717) is 29.2 Å². The topological polar surface area (TPSA) is 67.4 Å². The lowest BCUT2D eigenvalue weighted by Gasteiger charge is -2.23. The van der Waals surface area contributed by atoms with E-state index in [9.17, 15) is 14.0 Å². The van der Waals surface area contributed by atoms with Crippen molar-refractivity contribution >= 4 is 17.5 Å². The van der Waals surface area contributed by atoms with E-state index in [0.717, 1.165) is 0 Å². The largest absolute Gasteiger partial charge is 0.493 e. The van der Waals surface area contributed by atoms with E-state index in [4.69, 9.17) is 4.74 Å². The fraction of sp³-hybridized carbons (Fsp3) is 0.333. The van der Waals surface area contributed by atoms with E-state index in [1.807, 2.05) is 20.8 Å². The van der Waals surface area contributed by atoms with Gasteiger partial charge in [-0.2, -0.15) is 0 Å². The molecule has 2 rings (SSSR count). The number of carbonyl (C=O) groups is 2. The Morgan fingerprint density at radius 2 is 1.85 bits per heavy atom. The van der Waals surface area contributed by atoms with E-state index in [2.05, 4.69) is 10.6 Å². The fourth-order valence-corrected chi connectivity index (χ4v) is 2.67. The van der Waals surface area contributed by atoms with Gasteiger partial charge in [-0.1, -0.05) is 26.0 Å². The highest BCUT2D eigenvalue weighted by Gasteiger charge is 2.26. The smallest absolute Gasteiger partial charge is 0.255 e. The second-order valence-electron chi connectivity index (χ2n) is 6.57. The Hall–Kier alpha value is -2.89. The number of amides is 2. The molecule has 0 aliphatic rings. The summed E-state index contributed by atoms with van der Waals surface area (Å²) in [6, 6.07) is 10.3. The predicted molar refractivity (Wildman–Crippen MR) is 103 cm³/mol. The van der Waals surface area contributed by atoms with Crippen molar-refractivity contribution in [1.29, 1.82) is 0 Å². The molecule has 0 fully saturated rings. The molecule has 0 bridgehead atoms. The van der Waals surface area contributed by atoms with E-state index in [1.165, 1.54) is 18.2 Å². The van der Waals surface area contributed by atoms with Gasteiger partial charge in [-0.05, 0) is 55.7 Å². The zero-order valence-corrected chi connectivity index (χ0v) is 16.0. The number of hydrogen-bond donors (Lipinski definition) is 2. The predicted octanol–water partition coefficient (Wildman–Crippen LogP) is 3.93. The van der Waals surface area contributed by atoms with Crippen molar-refractivity contribution in [3.8, 4) is 5.75 Å². The fourth-order valence-electron chi connectivity index (χ4n) is 2.67. The second kappa shape index (κ2) is 9.16. The number of halogens is 1. The van der Waals surface area contributed by atoms with Crippen molar-refractivity contribution in [2.45, 2.75) is 33.7 Å². The van der Waals surface area contributed by atoms with Crippen LogP contribution in [0.5, 0.6) is 5.75 Å². The molecule has 1 atom stereocenters. The lowest BCUT2D eigenvalue weighted by molar-refractivity contribution is -0.118. The first-order chi connectivity index (χ1) is 12.8. The molecule has 0 spiro atoms. The lowest BCUT2D eigenvalue weighted by atomic mass is 10.0. The first kappa shape index (κ1) is 20.4. The molecule has 5 nitrogen and oxygen atoms in total. The average Bonchev–Trinajstić information content (AvgIpc) is 2.62. The van der Waals surface area contributed by atoms with Gasteiger partial charge in [0.1, 0.15) is 17.6 Å². The van der Waals surface area contributed by atoms with Crippen molar-refractivity contribution in [3.63, 3.8) is 0 Å². The van der Waals surface area contributed by atoms with Gasteiger partial charge in [-0.15, -0.1) is 0 Å². The summed E-state index contributed by atoms with van der Waals surface area (Å²) in [4.78, 5) is 25.4. The van der Waals surface area contributed by atoms with Crippen LogP contribution in [0.3, 0.4) is 0 Å². The molecular formula is C21H25FN2O3. The maximum Gasteiger partial charge on any atom is 0.255 e. The van der Waals surface area contributed by atoms with Crippen molar-refractivity contribution < 1.29 is 18.7 Å². The van der Waals surface area contributed by atoms with Crippen LogP contribution in [0.1, 0.15) is 36.7 Å². The Morgan fingerprint density at radius 3 is 2.48 bits per heavy atom. The summed E-state index contributed by atoms with van der Waals surface area (Å²) in [5.41, 5.74) is 1.49. The maximum atomic E-state index is 13.3. The van der Waals surface area contributed by atoms with Gasteiger partial charge in [-0.3, -0.25) is 9.59 Å². The highest BCUT2D eigenvalue weighted by atomic mass is 19.1. The highest BCUT2D eigenvalue weighted by Crippen LogP contribution is 2.20. The van der Waals surface area contributed by atoms with Crippen LogP contribution in [-0.2, 0) is 4.79 Å². The number of para-hydroxylation sites is 1. The van der Waals surface area contributed by atoms with Gasteiger partial charge in [0.2, 0.25) is 5.91 Å². The molecule has 0 heterocycles. The summed E-state index contributed by atoms with van der Waals surface area (Å²) in [7, 11) is 0. The average molecular weight is 372 g/mol. The van der Waals surface area contributed by atoms with Crippen LogP contribution in [0.2, 0.25) is 0 Å². The number of rotatable bonds is 7. The maximum absolute atomic E-state index is 13.3. The molecule has 0 aliphatic heterocycles. The zero-order valence-electron chi connectivity index (χ0n) is 16.0. The molecule has 2 N–H and O–H groups in total. The third-order valence-electron chi connectivity index (χ3n) is 4.11. The number of hydrogen-bond acceptors (Lipinski definition) is 3. The molecule has 0 saturated heterocycles. The minimum atomic E-state index is -0.753. The molecule has 0 aromatic heterocycles. The van der Waals surface area contributed by atoms with Gasteiger partial charge < -0.3 is 15.4 Å². The summed E-state index contributed by atoms with van der Waals surface area (Å²) >= 11 is 0. The van der Waals surface area contributed by atoms with E-state index < -0.39 is 6.04 Å². The monoisotopic (exact) mass is 372 g/mol. The number of anilines is 1. The molecule has 0 unspecified atom stereocenters. The van der Waals surface area contributed by atoms with Crippen LogP contribution in [-0.4, -0.2) is 24.5 Å². The van der Waals surface area contributed by atoms with Crippen LogP contribution >= 0.6 is 0 Å². The second-order valence-corrected chi connectivity index (χ2v) is 6.57. The Bertz CT molecular complexity index is 821. The molecule has 0 saturated carbocycles. The van der Waals surface area contributed by atoms with E-state index >= 15 is 0 Å². The minimum Gasteiger partial charge on any atom is -0.493 e. The Morgan fingerprint density at radius 1 is 1.15 bits per heavy atom. The summed E-state index contributed by atoms with van der Waals surface area (Å²) in [5.74, 6) is -0.791. The number of aryl methyl sites for hydroxylation is 1. The highest BCUT2D eigenvalue weighted by molar-refractivity contribution is 6.02. The van der Waals surface area contributed by atoms with Crippen molar-refractivity contribution in [3.05, 3.63) is 59.4 Å². The van der Waals surface area contributed by atoms with Crippen LogP contribution < -0.4 is 15.4 Å². The van der Waals surface area contributed by atoms with Crippen LogP contribution in [0.25, 0.3) is 0 Å². The zero-order chi connectivity index (χ0) is 20.0. The first-order valence-corrected chi connectivity index (χ1v) is 8.93. The third kappa shape index (κ3) is 5.29. The molecule has 27 heavy (non-hydrogen) atoms. The molecule has 144 valence electrons. The summed E-state index contributed by atoms with van der Waals surface area (Å²) in [6.45, 7) is 7.67. The Labute approximate surface area is 158 Å². The lowest BCUT2D eigenvalue weighted by Crippen LogP contribution is -2.47. The van der Waals surface area contributed by atoms with E-state index in [-0.39, 0.29) is 23.5 Å². The number of carbonyl (C=O) groups excluding carboxylic acids is 2. The van der Waals surface area contributed by atoms with Gasteiger partial charge >= 0.3 is 0 Å². The third-order valence-corrected chi connectivity index (χ3v) is 4.11. The van der Waals surface area contributed by atoms with Crippen molar-refractivity contribution in [2.24, 2.45) is 5.92 Å². The number of benzene rings is 2. The van der Waals surface area contributed by atoms with Crippen molar-refractivity contribution in [2.75, 3.05) is 11.9 Å². The van der Waals surface area contributed by atoms with Gasteiger partial charge in [0, 0.05) is 5.69 Å². The van der Waals surface area contributed by atoms with Gasteiger partial charge in [0.15, 0.2) is 0 Å². The van der Waals surface area contributed by atoms with Gasteiger partial charge in [0.05, 0.1) is 12.2 Å². The molecule has 0 aliphatic carbocycles. The molecular weight excluding hydrogens is 347 g/mol. The van der Waals surface area contributed by atoms with Crippen LogP contribution in [0.15, 0.2) is 42.5 Å². The number of nitrogens with one attached hydrogen (secondary N) is 2. The summed E-state index contributed by atoms with van der Waals surface area (Å²) in [5, 5.41) is 5.54. The standard InChI is InChI=1S/C21H25FN2O3/c1-5-27-18-9-7-6-8-16(18)20(25)24-19(13(2)3)21(26)23-17-11-10-15(22)12-14(17)4/h6-13,19H,5H2,1-4H3,(H,23,26)(H,24,25)/t19-/m0/s1. The Kier molecular flexibility index (Phi) is 6.93. The first-order valence-electron chi connectivity index (χ1n) is 8.93. The molecule has 0 radical (unpaired) electrons. The molecule has 2 aromatic rings. The SMILES string of the molecule is CCOc1ccccc1C(=O)N[C@H](C(=O)Nc1ccc(F)cc1C)C(C)C. The van der Waals surface area contributed by atoms with Gasteiger partial charge in [0.25, 0.3) is 5.91 Å². The van der Waals surface area contributed by atoms with Gasteiger partial charge in [-0.25, -0.2) is 4.39 Å². The van der Waals surface area contributed by atoms with Crippen LogP contribution in [0.4, 0.5) is 10.1 Å². The quantitative estimate of drug-likeness (QED) is 0.774. The Balaban J connectivity index is 2.17. The van der Waals surface area contributed by atoms with E-state index in [1.54, 1.807) is 31.2 Å². The normalized spacial score (nSPS) is 11.8. The molecule has 2 aromatic carbocycles. The van der Waals surface area contributed by atoms with Crippen molar-refractivity contribution in [1.82, 2.24) is 5.32 Å². The summed E-state index contributed by atoms with van der Waals surface area (Å²) in [6.07, 6.45) is 0. The molecule has 2 amide bonds. The van der Waals surface area contributed by atoms with Crippen LogP contribution in [0, 0.1) is 18.7 Å². The number of ether oxygens (including phenoxy) is 1. The minimum absolute atomic E-state index is 0.144. The summed E-state index contributed by atoms with van der Waals surface area (Å²) < 4.78 is 18.7. The molecule has 6 heteroatoms.